The van der Waals surface area contributed by atoms with Crippen LogP contribution in [0.1, 0.15) is 19.4 Å². The zero-order valence-electron chi connectivity index (χ0n) is 17.0. The number of para-hydroxylation sites is 2. The van der Waals surface area contributed by atoms with Crippen LogP contribution in [0, 0.1) is 0 Å². The van der Waals surface area contributed by atoms with E-state index < -0.39 is 11.8 Å². The summed E-state index contributed by atoms with van der Waals surface area (Å²) in [5.41, 5.74) is 3.20. The number of benzene rings is 2. The fourth-order valence-electron chi connectivity index (χ4n) is 2.31. The smallest absolute Gasteiger partial charge is 0.329 e. The van der Waals surface area contributed by atoms with E-state index in [4.69, 9.17) is 9.47 Å². The minimum atomic E-state index is -0.923. The van der Waals surface area contributed by atoms with Crippen molar-refractivity contribution < 1.29 is 23.9 Å². The van der Waals surface area contributed by atoms with Crippen LogP contribution in [-0.4, -0.2) is 43.7 Å². The van der Waals surface area contributed by atoms with Crippen molar-refractivity contribution in [1.29, 1.82) is 0 Å². The molecule has 0 radical (unpaired) electrons. The van der Waals surface area contributed by atoms with E-state index in [1.165, 1.54) is 13.3 Å². The van der Waals surface area contributed by atoms with Gasteiger partial charge in [-0.2, -0.15) is 5.10 Å². The van der Waals surface area contributed by atoms with Crippen LogP contribution >= 0.6 is 0 Å². The molecule has 0 bridgehead atoms. The first kappa shape index (κ1) is 22.4. The first-order valence-corrected chi connectivity index (χ1v) is 9.18. The maximum absolute atomic E-state index is 12.0. The van der Waals surface area contributed by atoms with Crippen molar-refractivity contribution in [2.45, 2.75) is 19.9 Å². The molecule has 9 heteroatoms. The van der Waals surface area contributed by atoms with E-state index >= 15 is 0 Å². The molecule has 0 heterocycles. The number of nitrogens with one attached hydrogen (secondary N) is 3. The van der Waals surface area contributed by atoms with Gasteiger partial charge in [-0.15, -0.1) is 0 Å². The van der Waals surface area contributed by atoms with Crippen LogP contribution in [0.25, 0.3) is 0 Å². The molecule has 0 saturated carbocycles. The molecule has 2 aromatic rings. The van der Waals surface area contributed by atoms with Gasteiger partial charge < -0.3 is 20.1 Å². The van der Waals surface area contributed by atoms with E-state index in [1.54, 1.807) is 48.5 Å². The van der Waals surface area contributed by atoms with Gasteiger partial charge in [0.1, 0.15) is 11.5 Å². The quantitative estimate of drug-likeness (QED) is 0.346. The third kappa shape index (κ3) is 7.27. The monoisotopic (exact) mass is 412 g/mol. The molecule has 0 unspecified atom stereocenters. The van der Waals surface area contributed by atoms with Gasteiger partial charge in [-0.3, -0.25) is 14.4 Å². The van der Waals surface area contributed by atoms with Gasteiger partial charge >= 0.3 is 11.8 Å². The summed E-state index contributed by atoms with van der Waals surface area (Å²) < 4.78 is 10.5. The average Bonchev–Trinajstić information content (AvgIpc) is 2.73. The predicted octanol–water partition coefficient (Wildman–Crippen LogP) is 1.69. The van der Waals surface area contributed by atoms with Crippen LogP contribution < -0.4 is 25.5 Å². The maximum atomic E-state index is 12.0. The lowest BCUT2D eigenvalue weighted by Crippen LogP contribution is -2.34. The molecule has 3 amide bonds. The molecule has 158 valence electrons. The predicted molar refractivity (Wildman–Crippen MR) is 113 cm³/mol. The zero-order chi connectivity index (χ0) is 21.9. The van der Waals surface area contributed by atoms with Crippen LogP contribution in [0.4, 0.5) is 5.69 Å². The highest BCUT2D eigenvalue weighted by Crippen LogP contribution is 2.22. The van der Waals surface area contributed by atoms with E-state index in [2.05, 4.69) is 21.2 Å². The lowest BCUT2D eigenvalue weighted by atomic mass is 10.2. The number of anilines is 1. The molecule has 0 aliphatic rings. The fourth-order valence-corrected chi connectivity index (χ4v) is 2.31. The van der Waals surface area contributed by atoms with Gasteiger partial charge in [0, 0.05) is 6.04 Å². The number of rotatable bonds is 8. The topological polar surface area (TPSA) is 118 Å². The first-order chi connectivity index (χ1) is 14.4. The minimum absolute atomic E-state index is 0.0479. The summed E-state index contributed by atoms with van der Waals surface area (Å²) in [6.45, 7) is 3.66. The summed E-state index contributed by atoms with van der Waals surface area (Å²) in [6.07, 6.45) is 1.38. The highest BCUT2D eigenvalue weighted by molar-refractivity contribution is 6.39. The number of ether oxygens (including phenoxy) is 2. The lowest BCUT2D eigenvalue weighted by Gasteiger charge is -2.09. The van der Waals surface area contributed by atoms with Crippen LogP contribution in [-0.2, 0) is 14.4 Å². The summed E-state index contributed by atoms with van der Waals surface area (Å²) in [5.74, 6) is -1.05. The fraction of sp³-hybridized carbons (Fsp3) is 0.238. The minimum Gasteiger partial charge on any atom is -0.495 e. The third-order valence-electron chi connectivity index (χ3n) is 3.64. The molecule has 9 nitrogen and oxygen atoms in total. The molecule has 0 atom stereocenters. The number of carbonyl (C=O) groups excluding carboxylic acids is 3. The van der Waals surface area contributed by atoms with Crippen molar-refractivity contribution in [2.75, 3.05) is 19.0 Å². The molecular formula is C21H24N4O5. The Labute approximate surface area is 174 Å². The van der Waals surface area contributed by atoms with Crippen molar-refractivity contribution in [3.05, 3.63) is 54.1 Å². The molecule has 0 aromatic heterocycles. The Hall–Kier alpha value is -3.88. The molecule has 0 aliphatic heterocycles. The lowest BCUT2D eigenvalue weighted by molar-refractivity contribution is -0.136. The van der Waals surface area contributed by atoms with Gasteiger partial charge in [0.2, 0.25) is 0 Å². The van der Waals surface area contributed by atoms with Gasteiger partial charge in [0.25, 0.3) is 5.91 Å². The summed E-state index contributed by atoms with van der Waals surface area (Å²) >= 11 is 0. The summed E-state index contributed by atoms with van der Waals surface area (Å²) in [7, 11) is 1.46. The van der Waals surface area contributed by atoms with E-state index in [1.807, 2.05) is 13.8 Å². The van der Waals surface area contributed by atoms with E-state index in [-0.39, 0.29) is 18.6 Å². The Morgan fingerprint density at radius 1 is 1.03 bits per heavy atom. The van der Waals surface area contributed by atoms with Crippen LogP contribution in [0.5, 0.6) is 11.5 Å². The van der Waals surface area contributed by atoms with E-state index in [0.717, 1.165) is 0 Å². The SMILES string of the molecule is COc1ccccc1NC(=O)C(=O)N/N=C\c1ccc(OCC(=O)NC(C)C)cc1. The molecular weight excluding hydrogens is 388 g/mol. The number of nitrogens with zero attached hydrogens (tertiary/aromatic N) is 1. The van der Waals surface area contributed by atoms with Gasteiger partial charge in [-0.1, -0.05) is 12.1 Å². The first-order valence-electron chi connectivity index (χ1n) is 9.18. The van der Waals surface area contributed by atoms with Gasteiger partial charge in [0.15, 0.2) is 6.61 Å². The Morgan fingerprint density at radius 3 is 2.40 bits per heavy atom. The Balaban J connectivity index is 1.82. The van der Waals surface area contributed by atoms with E-state index in [9.17, 15) is 14.4 Å². The molecule has 2 rings (SSSR count). The number of amides is 3. The number of methoxy groups -OCH3 is 1. The summed E-state index contributed by atoms with van der Waals surface area (Å²) in [6, 6.07) is 13.5. The molecule has 0 saturated heterocycles. The standard InChI is InChI=1S/C21H24N4O5/c1-14(2)23-19(26)13-30-16-10-8-15(9-11-16)12-22-25-21(28)20(27)24-17-6-4-5-7-18(17)29-3/h4-12,14H,13H2,1-3H3,(H,23,26)(H,24,27)(H,25,28)/b22-12-. The van der Waals surface area contributed by atoms with Crippen molar-refractivity contribution in [3.8, 4) is 11.5 Å². The van der Waals surface area contributed by atoms with Crippen molar-refractivity contribution in [1.82, 2.24) is 10.7 Å². The summed E-state index contributed by atoms with van der Waals surface area (Å²) in [4.78, 5) is 35.4. The highest BCUT2D eigenvalue weighted by atomic mass is 16.5. The van der Waals surface area contributed by atoms with Crippen molar-refractivity contribution >= 4 is 29.6 Å². The molecule has 0 fully saturated rings. The Morgan fingerprint density at radius 2 is 1.73 bits per heavy atom. The van der Waals surface area contributed by atoms with E-state index in [0.29, 0.717) is 22.7 Å². The van der Waals surface area contributed by atoms with Crippen molar-refractivity contribution in [3.63, 3.8) is 0 Å². The molecule has 3 N–H and O–H groups in total. The molecule has 2 aromatic carbocycles. The Kier molecular flexibility index (Phi) is 8.37. The summed E-state index contributed by atoms with van der Waals surface area (Å²) in [5, 5.41) is 8.94. The van der Waals surface area contributed by atoms with Gasteiger partial charge in [0.05, 0.1) is 19.0 Å². The second kappa shape index (κ2) is 11.2. The average molecular weight is 412 g/mol. The van der Waals surface area contributed by atoms with Gasteiger partial charge in [-0.05, 0) is 55.8 Å². The molecule has 30 heavy (non-hydrogen) atoms. The third-order valence-corrected chi connectivity index (χ3v) is 3.64. The normalized spacial score (nSPS) is 10.5. The zero-order valence-corrected chi connectivity index (χ0v) is 17.0. The number of carbonyl (C=O) groups is 3. The molecule has 0 spiro atoms. The largest absolute Gasteiger partial charge is 0.495 e. The number of hydrazone groups is 1. The van der Waals surface area contributed by atoms with Crippen LogP contribution in [0.2, 0.25) is 0 Å². The molecule has 0 aliphatic carbocycles. The van der Waals surface area contributed by atoms with Gasteiger partial charge in [-0.25, -0.2) is 5.43 Å². The Bertz CT molecular complexity index is 910. The highest BCUT2D eigenvalue weighted by Gasteiger charge is 2.14. The van der Waals surface area contributed by atoms with Crippen molar-refractivity contribution in [2.24, 2.45) is 5.10 Å². The van der Waals surface area contributed by atoms with Crippen LogP contribution in [0.15, 0.2) is 53.6 Å². The second-order valence-corrected chi connectivity index (χ2v) is 6.43. The second-order valence-electron chi connectivity index (χ2n) is 6.43. The van der Waals surface area contributed by atoms with Crippen LogP contribution in [0.3, 0.4) is 0 Å². The maximum Gasteiger partial charge on any atom is 0.329 e. The number of hydrogen-bond acceptors (Lipinski definition) is 6. The number of hydrogen-bond donors (Lipinski definition) is 3.